The van der Waals surface area contributed by atoms with Crippen LogP contribution in [0.15, 0.2) is 42.9 Å². The van der Waals surface area contributed by atoms with Crippen molar-refractivity contribution in [1.29, 1.82) is 5.41 Å². The zero-order valence-electron chi connectivity index (χ0n) is 18.4. The van der Waals surface area contributed by atoms with E-state index in [2.05, 4.69) is 30.2 Å². The quantitative estimate of drug-likeness (QED) is 0.305. The third-order valence-corrected chi connectivity index (χ3v) is 5.82. The zero-order valence-corrected chi connectivity index (χ0v) is 18.4. The lowest BCUT2D eigenvalue weighted by molar-refractivity contribution is -0.121. The van der Waals surface area contributed by atoms with Gasteiger partial charge in [-0.3, -0.25) is 10.2 Å². The number of fused-ring (bicyclic) bond motifs is 1. The normalized spacial score (nSPS) is 17.0. The lowest BCUT2D eigenvalue weighted by Gasteiger charge is -2.42. The third kappa shape index (κ3) is 4.56. The first-order chi connectivity index (χ1) is 16.6. The smallest absolute Gasteiger partial charge is 0.231 e. The van der Waals surface area contributed by atoms with Crippen LogP contribution >= 0.6 is 0 Å². The molecule has 4 heterocycles. The lowest BCUT2D eigenvalue weighted by atomic mass is 10.1. The SMILES string of the molecule is N=C(N)N1CCN(c2ccnc(-c3ncc[nH]3)n2)C(CC(=O)NCc2ccc3c(c2)OCO3)C1. The largest absolute Gasteiger partial charge is 0.454 e. The molecule has 1 unspecified atom stereocenters. The van der Waals surface area contributed by atoms with Crippen LogP contribution < -0.4 is 25.4 Å². The van der Waals surface area contributed by atoms with Gasteiger partial charge in [-0.25, -0.2) is 15.0 Å². The van der Waals surface area contributed by atoms with Crippen molar-refractivity contribution < 1.29 is 14.3 Å². The molecule has 0 bridgehead atoms. The van der Waals surface area contributed by atoms with Crippen LogP contribution in [-0.4, -0.2) is 69.2 Å². The van der Waals surface area contributed by atoms with E-state index in [1.165, 1.54) is 0 Å². The molecule has 1 fully saturated rings. The number of hydrogen-bond acceptors (Lipinski definition) is 8. The van der Waals surface area contributed by atoms with Gasteiger partial charge in [-0.05, 0) is 23.8 Å². The molecule has 1 aromatic carbocycles. The van der Waals surface area contributed by atoms with E-state index in [0.29, 0.717) is 55.1 Å². The Balaban J connectivity index is 1.29. The Kier molecular flexibility index (Phi) is 5.85. The van der Waals surface area contributed by atoms with Gasteiger partial charge in [0.25, 0.3) is 0 Å². The van der Waals surface area contributed by atoms with E-state index in [1.807, 2.05) is 24.3 Å². The molecule has 5 N–H and O–H groups in total. The standard InChI is InChI=1S/C22H25N9O3/c23-22(24)30-7-8-31(18-3-4-25-21(29-18)20-26-5-6-27-20)15(12-30)10-19(32)28-11-14-1-2-16-17(9-14)34-13-33-16/h1-6,9,15H,7-8,10-13H2,(H3,23,24)(H,26,27)(H,28,32). The van der Waals surface area contributed by atoms with Crippen molar-refractivity contribution in [2.45, 2.75) is 19.0 Å². The molecule has 2 aromatic heterocycles. The topological polar surface area (TPSA) is 158 Å². The van der Waals surface area contributed by atoms with Crippen molar-refractivity contribution in [3.63, 3.8) is 0 Å². The highest BCUT2D eigenvalue weighted by molar-refractivity contribution is 5.78. The third-order valence-electron chi connectivity index (χ3n) is 5.82. The van der Waals surface area contributed by atoms with E-state index in [9.17, 15) is 4.79 Å². The summed E-state index contributed by atoms with van der Waals surface area (Å²) in [5.41, 5.74) is 6.66. The van der Waals surface area contributed by atoms with Crippen LogP contribution in [0.25, 0.3) is 11.6 Å². The Bertz CT molecular complexity index is 1180. The van der Waals surface area contributed by atoms with Crippen molar-refractivity contribution >= 4 is 17.7 Å². The van der Waals surface area contributed by atoms with Crippen LogP contribution in [0.3, 0.4) is 0 Å². The van der Waals surface area contributed by atoms with Crippen LogP contribution in [0.5, 0.6) is 11.5 Å². The first-order valence-corrected chi connectivity index (χ1v) is 10.9. The minimum Gasteiger partial charge on any atom is -0.454 e. The highest BCUT2D eigenvalue weighted by atomic mass is 16.7. The number of piperazine rings is 1. The number of aromatic nitrogens is 4. The molecule has 12 nitrogen and oxygen atoms in total. The van der Waals surface area contributed by atoms with E-state index in [1.54, 1.807) is 23.5 Å². The van der Waals surface area contributed by atoms with Gasteiger partial charge in [0, 0.05) is 51.2 Å². The van der Waals surface area contributed by atoms with Crippen LogP contribution in [0.2, 0.25) is 0 Å². The number of guanidine groups is 1. The van der Waals surface area contributed by atoms with E-state index in [0.717, 1.165) is 5.56 Å². The molecular weight excluding hydrogens is 438 g/mol. The average Bonchev–Trinajstić information content (AvgIpc) is 3.55. The van der Waals surface area contributed by atoms with E-state index in [-0.39, 0.29) is 31.1 Å². The number of amides is 1. The molecule has 0 aliphatic carbocycles. The number of anilines is 1. The number of aromatic amines is 1. The number of imidazole rings is 1. The summed E-state index contributed by atoms with van der Waals surface area (Å²) < 4.78 is 10.7. The minimum absolute atomic E-state index is 0.00983. The first kappa shape index (κ1) is 21.5. The molecular formula is C22H25N9O3. The van der Waals surface area contributed by atoms with Crippen LogP contribution in [-0.2, 0) is 11.3 Å². The van der Waals surface area contributed by atoms with Crippen molar-refractivity contribution in [3.05, 3.63) is 48.4 Å². The number of carbonyl (C=O) groups excluding carboxylic acids is 1. The molecule has 5 rings (SSSR count). The number of ether oxygens (including phenoxy) is 2. The molecule has 1 saturated heterocycles. The van der Waals surface area contributed by atoms with Crippen molar-refractivity contribution in [3.8, 4) is 23.1 Å². The van der Waals surface area contributed by atoms with Crippen molar-refractivity contribution in [2.75, 3.05) is 31.3 Å². The maximum atomic E-state index is 12.9. The predicted molar refractivity (Wildman–Crippen MR) is 123 cm³/mol. The van der Waals surface area contributed by atoms with E-state index in [4.69, 9.17) is 20.6 Å². The van der Waals surface area contributed by atoms with Crippen molar-refractivity contribution in [1.82, 2.24) is 30.2 Å². The van der Waals surface area contributed by atoms with Gasteiger partial charge in [0.1, 0.15) is 5.82 Å². The zero-order chi connectivity index (χ0) is 23.5. The monoisotopic (exact) mass is 463 g/mol. The average molecular weight is 464 g/mol. The minimum atomic E-state index is -0.228. The van der Waals surface area contributed by atoms with Gasteiger partial charge < -0.3 is 35.3 Å². The summed E-state index contributed by atoms with van der Waals surface area (Å²) in [6.07, 6.45) is 5.25. The molecule has 176 valence electrons. The number of rotatable bonds is 6. The summed E-state index contributed by atoms with van der Waals surface area (Å²) in [5.74, 6) is 3.00. The second kappa shape index (κ2) is 9.25. The summed E-state index contributed by atoms with van der Waals surface area (Å²) in [5, 5.41) is 10.8. The van der Waals surface area contributed by atoms with Crippen LogP contribution in [0, 0.1) is 5.41 Å². The molecule has 1 atom stereocenters. The fourth-order valence-corrected chi connectivity index (χ4v) is 4.10. The number of H-pyrrole nitrogens is 1. The number of benzene rings is 1. The molecule has 0 saturated carbocycles. The second-order valence-electron chi connectivity index (χ2n) is 8.02. The van der Waals surface area contributed by atoms with E-state index >= 15 is 0 Å². The van der Waals surface area contributed by atoms with Gasteiger partial charge in [-0.2, -0.15) is 0 Å². The van der Waals surface area contributed by atoms with Crippen LogP contribution in [0.1, 0.15) is 12.0 Å². The second-order valence-corrected chi connectivity index (χ2v) is 8.02. The summed E-state index contributed by atoms with van der Waals surface area (Å²) >= 11 is 0. The van der Waals surface area contributed by atoms with Crippen molar-refractivity contribution in [2.24, 2.45) is 5.73 Å². The number of hydrogen-bond donors (Lipinski definition) is 4. The Morgan fingerprint density at radius 3 is 2.91 bits per heavy atom. The van der Waals surface area contributed by atoms with Gasteiger partial charge in [0.05, 0.1) is 6.04 Å². The highest BCUT2D eigenvalue weighted by Crippen LogP contribution is 2.32. The number of nitrogens with zero attached hydrogens (tertiary/aromatic N) is 5. The first-order valence-electron chi connectivity index (χ1n) is 10.9. The maximum Gasteiger partial charge on any atom is 0.231 e. The van der Waals surface area contributed by atoms with Gasteiger partial charge >= 0.3 is 0 Å². The van der Waals surface area contributed by atoms with Gasteiger partial charge in [0.15, 0.2) is 29.1 Å². The Morgan fingerprint density at radius 2 is 2.09 bits per heavy atom. The van der Waals surface area contributed by atoms with Gasteiger partial charge in [-0.15, -0.1) is 0 Å². The Hall–Kier alpha value is -4.35. The summed E-state index contributed by atoms with van der Waals surface area (Å²) in [6, 6.07) is 7.18. The summed E-state index contributed by atoms with van der Waals surface area (Å²) in [7, 11) is 0. The molecule has 0 radical (unpaired) electrons. The number of nitrogens with two attached hydrogens (primary N) is 1. The molecule has 2 aliphatic heterocycles. The molecule has 12 heteroatoms. The van der Waals surface area contributed by atoms with Crippen LogP contribution in [0.4, 0.5) is 5.82 Å². The number of carbonyl (C=O) groups is 1. The molecule has 0 spiro atoms. The van der Waals surface area contributed by atoms with E-state index < -0.39 is 0 Å². The predicted octanol–water partition coefficient (Wildman–Crippen LogP) is 0.686. The fourth-order valence-electron chi connectivity index (χ4n) is 4.10. The fraction of sp³-hybridized carbons (Fsp3) is 0.318. The molecule has 1 amide bonds. The van der Waals surface area contributed by atoms with Gasteiger partial charge in [0.2, 0.25) is 12.7 Å². The lowest BCUT2D eigenvalue weighted by Crippen LogP contribution is -2.57. The molecule has 34 heavy (non-hydrogen) atoms. The number of nitrogens with one attached hydrogen (secondary N) is 3. The Labute approximate surface area is 195 Å². The highest BCUT2D eigenvalue weighted by Gasteiger charge is 2.31. The summed E-state index contributed by atoms with van der Waals surface area (Å²) in [4.78, 5) is 32.9. The van der Waals surface area contributed by atoms with Gasteiger partial charge in [-0.1, -0.05) is 6.07 Å². The summed E-state index contributed by atoms with van der Waals surface area (Å²) in [6.45, 7) is 2.14. The molecule has 2 aliphatic rings. The Morgan fingerprint density at radius 1 is 1.21 bits per heavy atom. The maximum absolute atomic E-state index is 12.9. The molecule has 3 aromatic rings.